The predicted octanol–water partition coefficient (Wildman–Crippen LogP) is 4.74. The summed E-state index contributed by atoms with van der Waals surface area (Å²) >= 11 is 0. The Morgan fingerprint density at radius 3 is 2.49 bits per heavy atom. The van der Waals surface area contributed by atoms with E-state index in [0.29, 0.717) is 11.5 Å². The van der Waals surface area contributed by atoms with Crippen LogP contribution in [0.2, 0.25) is 0 Å². The molecule has 2 fully saturated rings. The summed E-state index contributed by atoms with van der Waals surface area (Å²) < 4.78 is 5.73. The van der Waals surface area contributed by atoms with Crippen molar-refractivity contribution in [3.05, 3.63) is 144 Å². The van der Waals surface area contributed by atoms with Crippen molar-refractivity contribution in [2.24, 2.45) is 0 Å². The summed E-state index contributed by atoms with van der Waals surface area (Å²) in [6.07, 6.45) is 4.39. The van der Waals surface area contributed by atoms with Gasteiger partial charge in [-0.3, -0.25) is 19.6 Å². The molecule has 0 saturated carbocycles. The molecule has 0 radical (unpaired) electrons. The number of hydrogen-bond donors (Lipinski definition) is 2. The van der Waals surface area contributed by atoms with Crippen molar-refractivity contribution in [1.29, 1.82) is 0 Å². The fraction of sp³-hybridized carbons (Fsp3) is 0.200. The van der Waals surface area contributed by atoms with Gasteiger partial charge in [0.15, 0.2) is 5.76 Å². The largest absolute Gasteiger partial charge is 0.508 e. The summed E-state index contributed by atoms with van der Waals surface area (Å²) in [5.74, 6) is 0.00539. The Morgan fingerprint density at radius 1 is 0.868 bits per heavy atom. The Balaban J connectivity index is 1.16. The van der Waals surface area contributed by atoms with E-state index in [0.717, 1.165) is 33.2 Å². The molecule has 2 atom stereocenters. The number of fused-ring (bicyclic) bond motifs is 2. The summed E-state index contributed by atoms with van der Waals surface area (Å²) in [6.45, 7) is 0.430. The van der Waals surface area contributed by atoms with E-state index < -0.39 is 18.2 Å². The standard InChI is InChI=1S/C40H36N8O5/c49-31-13-11-27(12-14-31)20-36-39(51)45(23-30-8-4-10-34-33(30)9-5-17-42-34)25-37-47(36)38(50)26-46(48(37)40(52)43-22-28-6-2-1-3-7-28)24-32-21-35(44-53-32)29-15-18-41-19-16-29/h1-19,21,36-37,49H,20,22-26H2,(H,43,52)/t36-,37-/m0/s1. The maximum absolute atomic E-state index is 14.5. The molecule has 2 N–H and O–H groups in total. The van der Waals surface area contributed by atoms with Gasteiger partial charge in [-0.1, -0.05) is 65.8 Å². The third kappa shape index (κ3) is 7.02. The maximum atomic E-state index is 14.5. The highest BCUT2D eigenvalue weighted by Crippen LogP contribution is 2.32. The van der Waals surface area contributed by atoms with E-state index in [1.54, 1.807) is 68.7 Å². The molecule has 4 amide bonds. The summed E-state index contributed by atoms with van der Waals surface area (Å²) in [4.78, 5) is 55.1. The number of nitrogens with zero attached hydrogens (tertiary/aromatic N) is 7. The number of benzene rings is 3. The Hall–Kier alpha value is -6.60. The van der Waals surface area contributed by atoms with Crippen LogP contribution in [0.15, 0.2) is 126 Å². The first-order valence-electron chi connectivity index (χ1n) is 17.3. The highest BCUT2D eigenvalue weighted by atomic mass is 16.5. The van der Waals surface area contributed by atoms with Crippen LogP contribution in [0.1, 0.15) is 22.5 Å². The van der Waals surface area contributed by atoms with E-state index in [4.69, 9.17) is 4.52 Å². The lowest BCUT2D eigenvalue weighted by Crippen LogP contribution is -2.76. The fourth-order valence-corrected chi connectivity index (χ4v) is 7.12. The number of carbonyl (C=O) groups excluding carboxylic acids is 3. The Bertz CT molecular complexity index is 2240. The molecule has 0 unspecified atom stereocenters. The van der Waals surface area contributed by atoms with Crippen molar-refractivity contribution in [3.8, 4) is 17.0 Å². The monoisotopic (exact) mass is 708 g/mol. The van der Waals surface area contributed by atoms with E-state index in [2.05, 4.69) is 20.4 Å². The van der Waals surface area contributed by atoms with Crippen LogP contribution >= 0.6 is 0 Å². The average molecular weight is 709 g/mol. The molecule has 2 saturated heterocycles. The molecule has 0 bridgehead atoms. The molecule has 6 aromatic rings. The molecule has 0 aliphatic carbocycles. The molecular formula is C40H36N8O5. The maximum Gasteiger partial charge on any atom is 0.334 e. The number of carbonyl (C=O) groups is 3. The minimum absolute atomic E-state index is 0.0568. The minimum atomic E-state index is -0.922. The van der Waals surface area contributed by atoms with Crippen LogP contribution in [0.5, 0.6) is 5.75 Å². The lowest BCUT2D eigenvalue weighted by Gasteiger charge is -2.55. The van der Waals surface area contributed by atoms with Crippen LogP contribution in [0, 0.1) is 0 Å². The van der Waals surface area contributed by atoms with Gasteiger partial charge in [0, 0.05) is 55.1 Å². The van der Waals surface area contributed by atoms with Gasteiger partial charge in [-0.05, 0) is 53.1 Å². The van der Waals surface area contributed by atoms with Gasteiger partial charge in [0.1, 0.15) is 23.7 Å². The van der Waals surface area contributed by atoms with Crippen molar-refractivity contribution in [2.45, 2.75) is 38.3 Å². The fourth-order valence-electron chi connectivity index (χ4n) is 7.12. The first-order valence-corrected chi connectivity index (χ1v) is 17.3. The van der Waals surface area contributed by atoms with Gasteiger partial charge < -0.3 is 24.7 Å². The van der Waals surface area contributed by atoms with Gasteiger partial charge in [0.2, 0.25) is 11.8 Å². The number of rotatable bonds is 9. The topological polar surface area (TPSA) is 148 Å². The van der Waals surface area contributed by atoms with E-state index in [-0.39, 0.29) is 56.7 Å². The molecule has 3 aromatic carbocycles. The molecule has 13 heteroatoms. The van der Waals surface area contributed by atoms with E-state index in [1.165, 1.54) is 0 Å². The number of aromatic hydroxyl groups is 1. The molecule has 8 rings (SSSR count). The number of urea groups is 1. The second-order valence-corrected chi connectivity index (χ2v) is 13.1. The van der Waals surface area contributed by atoms with Crippen LogP contribution < -0.4 is 5.32 Å². The molecule has 13 nitrogen and oxygen atoms in total. The van der Waals surface area contributed by atoms with Crippen molar-refractivity contribution >= 4 is 28.7 Å². The van der Waals surface area contributed by atoms with Crippen LogP contribution in [-0.2, 0) is 35.6 Å². The van der Waals surface area contributed by atoms with Crippen molar-refractivity contribution in [1.82, 2.24) is 40.3 Å². The third-order valence-electron chi connectivity index (χ3n) is 9.66. The summed E-state index contributed by atoms with van der Waals surface area (Å²) in [6, 6.07) is 29.9. The SMILES string of the molecule is O=C1[C@H](Cc2ccc(O)cc2)N2C(=O)CN(Cc3cc(-c4ccncc4)no3)N(C(=O)NCc3ccccc3)[C@H]2CN1Cc1cccc2ncccc12. The Morgan fingerprint density at radius 2 is 1.68 bits per heavy atom. The number of amides is 4. The lowest BCUT2D eigenvalue weighted by molar-refractivity contribution is -0.193. The molecule has 266 valence electrons. The van der Waals surface area contributed by atoms with E-state index >= 15 is 0 Å². The summed E-state index contributed by atoms with van der Waals surface area (Å²) in [5.41, 5.74) is 4.78. The third-order valence-corrected chi connectivity index (χ3v) is 9.66. The zero-order chi connectivity index (χ0) is 36.3. The zero-order valence-electron chi connectivity index (χ0n) is 28.7. The molecule has 3 aromatic heterocycles. The summed E-state index contributed by atoms with van der Waals surface area (Å²) in [5, 5.41) is 21.4. The van der Waals surface area contributed by atoms with Gasteiger partial charge in [-0.25, -0.2) is 9.80 Å². The number of nitrogens with one attached hydrogen (secondary N) is 1. The zero-order valence-corrected chi connectivity index (χ0v) is 28.7. The number of aromatic nitrogens is 3. The molecule has 2 aliphatic heterocycles. The lowest BCUT2D eigenvalue weighted by atomic mass is 9.98. The van der Waals surface area contributed by atoms with E-state index in [1.807, 2.05) is 72.8 Å². The van der Waals surface area contributed by atoms with Gasteiger partial charge in [-0.15, -0.1) is 0 Å². The number of phenolic OH excluding ortho intramolecular Hbond substituents is 1. The minimum Gasteiger partial charge on any atom is -0.508 e. The van der Waals surface area contributed by atoms with Crippen molar-refractivity contribution in [2.75, 3.05) is 13.1 Å². The number of hydrogen-bond acceptors (Lipinski definition) is 9. The highest BCUT2D eigenvalue weighted by Gasteiger charge is 2.51. The smallest absolute Gasteiger partial charge is 0.334 e. The van der Waals surface area contributed by atoms with Gasteiger partial charge in [-0.2, -0.15) is 5.01 Å². The van der Waals surface area contributed by atoms with Gasteiger partial charge >= 0.3 is 6.03 Å². The molecule has 5 heterocycles. The first-order chi connectivity index (χ1) is 25.9. The van der Waals surface area contributed by atoms with Gasteiger partial charge in [0.05, 0.1) is 25.2 Å². The molecule has 2 aliphatic rings. The predicted molar refractivity (Wildman–Crippen MR) is 194 cm³/mol. The second-order valence-electron chi connectivity index (χ2n) is 13.1. The van der Waals surface area contributed by atoms with Crippen LogP contribution in [0.4, 0.5) is 4.79 Å². The molecule has 53 heavy (non-hydrogen) atoms. The van der Waals surface area contributed by atoms with Crippen LogP contribution in [0.25, 0.3) is 22.2 Å². The van der Waals surface area contributed by atoms with Crippen molar-refractivity contribution < 1.29 is 24.0 Å². The Kier molecular flexibility index (Phi) is 9.21. The molecular weight excluding hydrogens is 672 g/mol. The number of piperazine rings is 1. The molecule has 0 spiro atoms. The van der Waals surface area contributed by atoms with Crippen LogP contribution in [-0.4, -0.2) is 83.2 Å². The van der Waals surface area contributed by atoms with E-state index in [9.17, 15) is 19.5 Å². The number of hydrazine groups is 1. The second kappa shape index (κ2) is 14.6. The Labute approximate surface area is 305 Å². The van der Waals surface area contributed by atoms with Gasteiger partial charge in [0.25, 0.3) is 0 Å². The first kappa shape index (κ1) is 33.5. The van der Waals surface area contributed by atoms with Crippen LogP contribution in [0.3, 0.4) is 0 Å². The quantitative estimate of drug-likeness (QED) is 0.217. The highest BCUT2D eigenvalue weighted by molar-refractivity contribution is 5.92. The number of pyridine rings is 2. The van der Waals surface area contributed by atoms with Crippen molar-refractivity contribution in [3.63, 3.8) is 0 Å². The normalized spacial score (nSPS) is 17.6. The number of phenols is 1. The average Bonchev–Trinajstić information content (AvgIpc) is 3.66. The summed E-state index contributed by atoms with van der Waals surface area (Å²) in [7, 11) is 0.